The molecule has 0 aromatic heterocycles. The van der Waals surface area contributed by atoms with Crippen LogP contribution in [0.3, 0.4) is 0 Å². The number of hydrogen-bond acceptors (Lipinski definition) is 3. The minimum absolute atomic E-state index is 0.154. The quantitative estimate of drug-likeness (QED) is 0.800. The van der Waals surface area contributed by atoms with E-state index < -0.39 is 0 Å². The van der Waals surface area contributed by atoms with Gasteiger partial charge in [0.05, 0.1) is 13.0 Å². The number of benzene rings is 1. The third kappa shape index (κ3) is 3.20. The van der Waals surface area contributed by atoms with Crippen LogP contribution in [0.4, 0.5) is 5.69 Å². The van der Waals surface area contributed by atoms with E-state index in [0.29, 0.717) is 13.0 Å². The Morgan fingerprint density at radius 2 is 2.16 bits per heavy atom. The molecule has 0 N–H and O–H groups in total. The lowest BCUT2D eigenvalue weighted by Crippen LogP contribution is -2.26. The molecule has 0 bridgehead atoms. The first-order valence-electron chi connectivity index (χ1n) is 6.53. The molecular formula is C15H20N2O2. The Balaban J connectivity index is 1.98. The molecule has 0 spiro atoms. The molecule has 1 heterocycles. The van der Waals surface area contributed by atoms with E-state index in [1.165, 1.54) is 5.56 Å². The van der Waals surface area contributed by atoms with Gasteiger partial charge in [0.2, 0.25) is 5.91 Å². The van der Waals surface area contributed by atoms with Gasteiger partial charge in [-0.05, 0) is 37.6 Å². The maximum atomic E-state index is 11.6. The molecule has 4 nitrogen and oxygen atoms in total. The maximum Gasteiger partial charge on any atom is 0.231 e. The highest BCUT2D eigenvalue weighted by atomic mass is 16.2. The van der Waals surface area contributed by atoms with Crippen molar-refractivity contribution in [1.29, 1.82) is 0 Å². The highest BCUT2D eigenvalue weighted by Crippen LogP contribution is 2.28. The molecule has 0 saturated carbocycles. The lowest BCUT2D eigenvalue weighted by atomic mass is 10.1. The number of nitrogens with zero attached hydrogens (tertiary/aromatic N) is 2. The second-order valence-corrected chi connectivity index (χ2v) is 5.28. The molecule has 102 valence electrons. The van der Waals surface area contributed by atoms with Gasteiger partial charge < -0.3 is 4.90 Å². The van der Waals surface area contributed by atoms with E-state index in [0.717, 1.165) is 24.2 Å². The van der Waals surface area contributed by atoms with Crippen molar-refractivity contribution in [2.45, 2.75) is 19.8 Å². The summed E-state index contributed by atoms with van der Waals surface area (Å²) in [6, 6.07) is 6.19. The van der Waals surface area contributed by atoms with Gasteiger partial charge in [0.1, 0.15) is 5.78 Å². The Morgan fingerprint density at radius 1 is 1.42 bits per heavy atom. The van der Waals surface area contributed by atoms with Crippen molar-refractivity contribution in [2.75, 3.05) is 32.1 Å². The van der Waals surface area contributed by atoms with Gasteiger partial charge in [0.15, 0.2) is 0 Å². The summed E-state index contributed by atoms with van der Waals surface area (Å²) in [6.45, 7) is 2.95. The third-order valence-electron chi connectivity index (χ3n) is 3.50. The van der Waals surface area contributed by atoms with Gasteiger partial charge in [-0.15, -0.1) is 0 Å². The van der Waals surface area contributed by atoms with Gasteiger partial charge in [0, 0.05) is 19.3 Å². The van der Waals surface area contributed by atoms with Gasteiger partial charge >= 0.3 is 0 Å². The topological polar surface area (TPSA) is 40.6 Å². The van der Waals surface area contributed by atoms with Crippen LogP contribution >= 0.6 is 0 Å². The number of rotatable bonds is 5. The van der Waals surface area contributed by atoms with Crippen molar-refractivity contribution in [2.24, 2.45) is 0 Å². The van der Waals surface area contributed by atoms with Gasteiger partial charge in [-0.3, -0.25) is 14.5 Å². The van der Waals surface area contributed by atoms with E-state index in [1.54, 1.807) is 11.8 Å². The number of carbonyl (C=O) groups excluding carboxylic acids is 2. The molecule has 19 heavy (non-hydrogen) atoms. The van der Waals surface area contributed by atoms with E-state index in [4.69, 9.17) is 0 Å². The molecule has 4 heteroatoms. The van der Waals surface area contributed by atoms with Crippen molar-refractivity contribution < 1.29 is 9.59 Å². The van der Waals surface area contributed by atoms with Crippen LogP contribution in [0.15, 0.2) is 18.2 Å². The molecule has 1 aliphatic heterocycles. The molecule has 0 unspecified atom stereocenters. The molecule has 0 atom stereocenters. The van der Waals surface area contributed by atoms with Crippen LogP contribution in [0, 0.1) is 0 Å². The maximum absolute atomic E-state index is 11.6. The Kier molecular flexibility index (Phi) is 4.00. The molecule has 0 radical (unpaired) electrons. The van der Waals surface area contributed by atoms with Crippen molar-refractivity contribution in [3.05, 3.63) is 29.3 Å². The summed E-state index contributed by atoms with van der Waals surface area (Å²) >= 11 is 0. The summed E-state index contributed by atoms with van der Waals surface area (Å²) in [6.07, 6.45) is 1.40. The highest BCUT2D eigenvalue weighted by molar-refractivity contribution is 6.00. The van der Waals surface area contributed by atoms with Crippen LogP contribution in [0.1, 0.15) is 18.1 Å². The zero-order valence-corrected chi connectivity index (χ0v) is 11.8. The number of likely N-dealkylation sites (N-methyl/N-ethyl adjacent to an activating group) is 2. The second-order valence-electron chi connectivity index (χ2n) is 5.28. The molecule has 2 rings (SSSR count). The number of fused-ring (bicyclic) bond motifs is 1. The molecule has 1 aromatic carbocycles. The zero-order chi connectivity index (χ0) is 14.0. The lowest BCUT2D eigenvalue weighted by Gasteiger charge is -2.15. The molecule has 0 aliphatic carbocycles. The second kappa shape index (κ2) is 5.53. The first-order valence-corrected chi connectivity index (χ1v) is 6.53. The fraction of sp³-hybridized carbons (Fsp3) is 0.467. The number of amides is 1. The summed E-state index contributed by atoms with van der Waals surface area (Å²) in [4.78, 5) is 26.3. The zero-order valence-electron chi connectivity index (χ0n) is 11.8. The number of ketones is 1. The Hall–Kier alpha value is -1.68. The summed E-state index contributed by atoms with van der Waals surface area (Å²) in [7, 11) is 3.76. The monoisotopic (exact) mass is 260 g/mol. The van der Waals surface area contributed by atoms with Crippen molar-refractivity contribution >= 4 is 17.4 Å². The van der Waals surface area contributed by atoms with E-state index in [2.05, 4.69) is 12.1 Å². The van der Waals surface area contributed by atoms with Crippen molar-refractivity contribution in [3.63, 3.8) is 0 Å². The predicted molar refractivity (Wildman–Crippen MR) is 75.4 cm³/mol. The van der Waals surface area contributed by atoms with Gasteiger partial charge in [-0.2, -0.15) is 0 Å². The van der Waals surface area contributed by atoms with Crippen molar-refractivity contribution in [1.82, 2.24) is 4.90 Å². The van der Waals surface area contributed by atoms with Crippen LogP contribution in [0.25, 0.3) is 0 Å². The van der Waals surface area contributed by atoms with Crippen LogP contribution in [0.5, 0.6) is 0 Å². The molecule has 0 saturated heterocycles. The average Bonchev–Trinajstić information content (AvgIpc) is 2.61. The molecule has 0 fully saturated rings. The van der Waals surface area contributed by atoms with Gasteiger partial charge in [-0.25, -0.2) is 0 Å². The van der Waals surface area contributed by atoms with Gasteiger partial charge in [-0.1, -0.05) is 12.1 Å². The van der Waals surface area contributed by atoms with Crippen molar-refractivity contribution in [3.8, 4) is 0 Å². The summed E-state index contributed by atoms with van der Waals surface area (Å²) in [5.41, 5.74) is 3.35. The van der Waals surface area contributed by atoms with Crippen LogP contribution < -0.4 is 4.90 Å². The lowest BCUT2D eigenvalue weighted by molar-refractivity contribution is -0.118. The third-order valence-corrected chi connectivity index (χ3v) is 3.50. The molecule has 1 amide bonds. The fourth-order valence-electron chi connectivity index (χ4n) is 2.46. The summed E-state index contributed by atoms with van der Waals surface area (Å²) < 4.78 is 0. The normalized spacial score (nSPS) is 14.1. The average molecular weight is 260 g/mol. The Labute approximate surface area is 114 Å². The Morgan fingerprint density at radius 3 is 2.84 bits per heavy atom. The first-order chi connectivity index (χ1) is 8.97. The number of hydrogen-bond donors (Lipinski definition) is 0. The first kappa shape index (κ1) is 13.7. The predicted octanol–water partition coefficient (Wildman–Crippen LogP) is 1.27. The number of carbonyl (C=O) groups is 2. The smallest absolute Gasteiger partial charge is 0.231 e. The highest BCUT2D eigenvalue weighted by Gasteiger charge is 2.23. The standard InChI is InChI=1S/C15H20N2O2/c1-11(18)10-16(2)7-6-12-4-5-14-13(8-12)9-15(19)17(14)3/h4-5,8H,6-7,9-10H2,1-3H3. The molecule has 1 aliphatic rings. The van der Waals surface area contributed by atoms with Crippen LogP contribution in [-0.2, 0) is 22.4 Å². The van der Waals surface area contributed by atoms with Crippen LogP contribution in [0.2, 0.25) is 0 Å². The Bertz CT molecular complexity index is 511. The summed E-state index contributed by atoms with van der Waals surface area (Å²) in [5.74, 6) is 0.338. The van der Waals surface area contributed by atoms with Gasteiger partial charge in [0.25, 0.3) is 0 Å². The van der Waals surface area contributed by atoms with E-state index >= 15 is 0 Å². The number of anilines is 1. The summed E-state index contributed by atoms with van der Waals surface area (Å²) in [5, 5.41) is 0. The molecule has 1 aromatic rings. The SMILES string of the molecule is CC(=O)CN(C)CCc1ccc2c(c1)CC(=O)N2C. The van der Waals surface area contributed by atoms with E-state index in [9.17, 15) is 9.59 Å². The van der Waals surface area contributed by atoms with Crippen LogP contribution in [-0.4, -0.2) is 43.8 Å². The number of Topliss-reactive ketones (excluding diaryl/α,β-unsaturated/α-hetero) is 1. The van der Waals surface area contributed by atoms with E-state index in [-0.39, 0.29) is 11.7 Å². The largest absolute Gasteiger partial charge is 0.315 e. The minimum Gasteiger partial charge on any atom is -0.315 e. The van der Waals surface area contributed by atoms with E-state index in [1.807, 2.05) is 25.1 Å². The fourth-order valence-corrected chi connectivity index (χ4v) is 2.46. The molecular weight excluding hydrogens is 240 g/mol. The minimum atomic E-state index is 0.154.